The Kier molecular flexibility index (Phi) is 2.85. The fourth-order valence-electron chi connectivity index (χ4n) is 0.873. The van der Waals surface area contributed by atoms with Gasteiger partial charge in [0.05, 0.1) is 17.2 Å². The van der Waals surface area contributed by atoms with E-state index in [0.717, 1.165) is 12.1 Å². The Bertz CT molecular complexity index is 351. The Labute approximate surface area is 78.4 Å². The van der Waals surface area contributed by atoms with Gasteiger partial charge in [-0.2, -0.15) is 0 Å². The van der Waals surface area contributed by atoms with Crippen LogP contribution in [0.4, 0.5) is 4.39 Å². The van der Waals surface area contributed by atoms with Gasteiger partial charge >= 0.3 is 5.97 Å². The number of carbonyl (C=O) groups is 1. The van der Waals surface area contributed by atoms with Gasteiger partial charge in [0.2, 0.25) is 0 Å². The summed E-state index contributed by atoms with van der Waals surface area (Å²) in [5, 5.41) is 17.1. The molecule has 0 aliphatic carbocycles. The van der Waals surface area contributed by atoms with E-state index in [0.29, 0.717) is 0 Å². The first-order valence-corrected chi connectivity index (χ1v) is 3.76. The standard InChI is InChI=1S/C8H6ClFO3/c9-6-1-4(3-11)7(10)2-5(6)8(12)13/h1-2,11H,3H2,(H,12,13). The maximum absolute atomic E-state index is 12.9. The minimum atomic E-state index is -1.30. The van der Waals surface area contributed by atoms with Gasteiger partial charge in [0, 0.05) is 5.56 Å². The molecule has 0 radical (unpaired) electrons. The molecule has 0 bridgehead atoms. The average Bonchev–Trinajstić information content (AvgIpc) is 2.07. The van der Waals surface area contributed by atoms with Crippen molar-refractivity contribution in [1.29, 1.82) is 0 Å². The molecule has 2 N–H and O–H groups in total. The smallest absolute Gasteiger partial charge is 0.337 e. The van der Waals surface area contributed by atoms with Crippen LogP contribution in [0.5, 0.6) is 0 Å². The van der Waals surface area contributed by atoms with Crippen molar-refractivity contribution in [3.8, 4) is 0 Å². The lowest BCUT2D eigenvalue weighted by Gasteiger charge is -2.02. The van der Waals surface area contributed by atoms with Gasteiger partial charge in [-0.15, -0.1) is 0 Å². The first-order valence-electron chi connectivity index (χ1n) is 3.38. The molecule has 0 saturated heterocycles. The van der Waals surface area contributed by atoms with E-state index in [1.165, 1.54) is 0 Å². The zero-order valence-corrected chi connectivity index (χ0v) is 7.18. The molecule has 0 aliphatic rings. The van der Waals surface area contributed by atoms with Crippen molar-refractivity contribution < 1.29 is 19.4 Å². The third kappa shape index (κ3) is 1.96. The molecule has 0 fully saturated rings. The Hall–Kier alpha value is -1.13. The number of aliphatic hydroxyl groups excluding tert-OH is 1. The highest BCUT2D eigenvalue weighted by molar-refractivity contribution is 6.33. The lowest BCUT2D eigenvalue weighted by Crippen LogP contribution is -2.01. The van der Waals surface area contributed by atoms with Crippen LogP contribution >= 0.6 is 11.6 Å². The summed E-state index contributed by atoms with van der Waals surface area (Å²) in [5.74, 6) is -2.07. The van der Waals surface area contributed by atoms with Crippen LogP contribution in [0.25, 0.3) is 0 Å². The summed E-state index contributed by atoms with van der Waals surface area (Å²) in [6.45, 7) is -0.508. The second-order valence-corrected chi connectivity index (χ2v) is 2.79. The molecule has 5 heteroatoms. The van der Waals surface area contributed by atoms with Gasteiger partial charge in [0.15, 0.2) is 0 Å². The van der Waals surface area contributed by atoms with E-state index in [9.17, 15) is 9.18 Å². The molecule has 0 aliphatic heterocycles. The number of hydrogen-bond donors (Lipinski definition) is 2. The van der Waals surface area contributed by atoms with Crippen LogP contribution in [0.15, 0.2) is 12.1 Å². The monoisotopic (exact) mass is 204 g/mol. The summed E-state index contributed by atoms with van der Waals surface area (Å²) in [4.78, 5) is 10.5. The summed E-state index contributed by atoms with van der Waals surface area (Å²) in [5.41, 5.74) is -0.327. The van der Waals surface area contributed by atoms with Crippen molar-refractivity contribution in [2.24, 2.45) is 0 Å². The molecule has 0 unspecified atom stereocenters. The second-order valence-electron chi connectivity index (χ2n) is 2.39. The molecule has 0 heterocycles. The van der Waals surface area contributed by atoms with Crippen LogP contribution in [0, 0.1) is 5.82 Å². The van der Waals surface area contributed by atoms with Gasteiger partial charge in [-0.05, 0) is 12.1 Å². The molecular weight excluding hydrogens is 199 g/mol. The van der Waals surface area contributed by atoms with Crippen molar-refractivity contribution in [3.63, 3.8) is 0 Å². The predicted octanol–water partition coefficient (Wildman–Crippen LogP) is 1.67. The molecular formula is C8H6ClFO3. The number of hydrogen-bond acceptors (Lipinski definition) is 2. The van der Waals surface area contributed by atoms with E-state index in [2.05, 4.69) is 0 Å². The van der Waals surface area contributed by atoms with Crippen LogP contribution in [0.1, 0.15) is 15.9 Å². The van der Waals surface area contributed by atoms with Crippen molar-refractivity contribution in [3.05, 3.63) is 34.1 Å². The first-order chi connectivity index (χ1) is 6.06. The third-order valence-electron chi connectivity index (χ3n) is 1.54. The molecule has 0 atom stereocenters. The van der Waals surface area contributed by atoms with E-state index < -0.39 is 18.4 Å². The number of carboxylic acids is 1. The van der Waals surface area contributed by atoms with Crippen molar-refractivity contribution in [2.45, 2.75) is 6.61 Å². The molecule has 0 amide bonds. The molecule has 13 heavy (non-hydrogen) atoms. The minimum absolute atomic E-state index is 0.0185. The zero-order chi connectivity index (χ0) is 10.0. The van der Waals surface area contributed by atoms with Gasteiger partial charge in [-0.25, -0.2) is 9.18 Å². The molecule has 0 saturated carbocycles. The van der Waals surface area contributed by atoms with E-state index in [-0.39, 0.29) is 16.1 Å². The lowest BCUT2D eigenvalue weighted by atomic mass is 10.1. The van der Waals surface area contributed by atoms with Crippen molar-refractivity contribution in [1.82, 2.24) is 0 Å². The molecule has 1 aromatic rings. The molecule has 1 aromatic carbocycles. The largest absolute Gasteiger partial charge is 0.478 e. The SMILES string of the molecule is O=C(O)c1cc(F)c(CO)cc1Cl. The van der Waals surface area contributed by atoms with E-state index in [1.54, 1.807) is 0 Å². The van der Waals surface area contributed by atoms with E-state index in [4.69, 9.17) is 21.8 Å². The number of rotatable bonds is 2. The third-order valence-corrected chi connectivity index (χ3v) is 1.85. The average molecular weight is 205 g/mol. The number of aliphatic hydroxyl groups is 1. The molecule has 0 spiro atoms. The fraction of sp³-hybridized carbons (Fsp3) is 0.125. The molecule has 3 nitrogen and oxygen atoms in total. The summed E-state index contributed by atoms with van der Waals surface area (Å²) in [6.07, 6.45) is 0. The Morgan fingerprint density at radius 2 is 2.15 bits per heavy atom. The van der Waals surface area contributed by atoms with Gasteiger partial charge in [-0.3, -0.25) is 0 Å². The van der Waals surface area contributed by atoms with Gasteiger partial charge in [-0.1, -0.05) is 11.6 Å². The van der Waals surface area contributed by atoms with Crippen LogP contribution in [-0.4, -0.2) is 16.2 Å². The Balaban J connectivity index is 3.28. The normalized spacial score (nSPS) is 10.1. The van der Waals surface area contributed by atoms with E-state index in [1.807, 2.05) is 0 Å². The summed E-state index contributed by atoms with van der Waals surface area (Å²) >= 11 is 5.52. The highest BCUT2D eigenvalue weighted by atomic mass is 35.5. The van der Waals surface area contributed by atoms with Crippen molar-refractivity contribution in [2.75, 3.05) is 0 Å². The predicted molar refractivity (Wildman–Crippen MR) is 44.3 cm³/mol. The highest BCUT2D eigenvalue weighted by Crippen LogP contribution is 2.20. The van der Waals surface area contributed by atoms with Gasteiger partial charge < -0.3 is 10.2 Å². The number of aromatic carboxylic acids is 1. The quantitative estimate of drug-likeness (QED) is 0.771. The maximum atomic E-state index is 12.9. The summed E-state index contributed by atoms with van der Waals surface area (Å²) in [6, 6.07) is 1.89. The Morgan fingerprint density at radius 3 is 2.62 bits per heavy atom. The molecule has 0 aromatic heterocycles. The number of benzene rings is 1. The molecule has 70 valence electrons. The summed E-state index contributed by atoms with van der Waals surface area (Å²) in [7, 11) is 0. The number of halogens is 2. The zero-order valence-electron chi connectivity index (χ0n) is 6.42. The van der Waals surface area contributed by atoms with Crippen LogP contribution in [0.3, 0.4) is 0 Å². The van der Waals surface area contributed by atoms with Crippen LogP contribution < -0.4 is 0 Å². The maximum Gasteiger partial charge on any atom is 0.337 e. The fourth-order valence-corrected chi connectivity index (χ4v) is 1.14. The number of carboxylic acid groups (broad SMARTS) is 1. The van der Waals surface area contributed by atoms with Crippen LogP contribution in [-0.2, 0) is 6.61 Å². The van der Waals surface area contributed by atoms with Gasteiger partial charge in [0.25, 0.3) is 0 Å². The van der Waals surface area contributed by atoms with E-state index >= 15 is 0 Å². The van der Waals surface area contributed by atoms with Crippen LogP contribution in [0.2, 0.25) is 5.02 Å². The minimum Gasteiger partial charge on any atom is -0.478 e. The molecule has 1 rings (SSSR count). The Morgan fingerprint density at radius 1 is 1.54 bits per heavy atom. The topological polar surface area (TPSA) is 57.5 Å². The second kappa shape index (κ2) is 3.72. The lowest BCUT2D eigenvalue weighted by molar-refractivity contribution is 0.0696. The first kappa shape index (κ1) is 9.95. The van der Waals surface area contributed by atoms with Gasteiger partial charge in [0.1, 0.15) is 5.82 Å². The highest BCUT2D eigenvalue weighted by Gasteiger charge is 2.12. The summed E-state index contributed by atoms with van der Waals surface area (Å²) < 4.78 is 12.9. The van der Waals surface area contributed by atoms with Crippen molar-refractivity contribution >= 4 is 17.6 Å².